The first-order chi connectivity index (χ1) is 9.20. The van der Waals surface area contributed by atoms with Gasteiger partial charge in [0.05, 0.1) is 6.61 Å². The minimum Gasteiger partial charge on any atom is -0.381 e. The predicted octanol–water partition coefficient (Wildman–Crippen LogP) is 1.56. The molecule has 4 heteroatoms. The zero-order chi connectivity index (χ0) is 13.7. The highest BCUT2D eigenvalue weighted by atomic mass is 16.5. The number of aromatic nitrogens is 1. The van der Waals surface area contributed by atoms with Gasteiger partial charge in [-0.05, 0) is 37.9 Å². The summed E-state index contributed by atoms with van der Waals surface area (Å²) >= 11 is 0. The molecule has 0 aliphatic carbocycles. The fourth-order valence-corrected chi connectivity index (χ4v) is 2.55. The van der Waals surface area contributed by atoms with Crippen molar-refractivity contribution in [2.24, 2.45) is 5.92 Å². The Bertz CT molecular complexity index is 450. The van der Waals surface area contributed by atoms with Gasteiger partial charge in [-0.1, -0.05) is 6.92 Å². The van der Waals surface area contributed by atoms with Crippen LogP contribution in [0.5, 0.6) is 0 Å². The standard InChI is InChI=1S/C15H24N2O2/c1-3-6-16-14(13-5-8-19-11-13)10-17-7-4-12(2)9-15(17)18/h4,7,9,13-14,16H,3,5-6,8,10-11H2,1-2H3. The average molecular weight is 264 g/mol. The summed E-state index contributed by atoms with van der Waals surface area (Å²) < 4.78 is 7.28. The van der Waals surface area contributed by atoms with Gasteiger partial charge in [0, 0.05) is 37.4 Å². The third kappa shape index (κ3) is 3.91. The van der Waals surface area contributed by atoms with E-state index < -0.39 is 0 Å². The Kier molecular flexibility index (Phi) is 5.16. The van der Waals surface area contributed by atoms with Crippen LogP contribution in [-0.2, 0) is 11.3 Å². The van der Waals surface area contributed by atoms with Crippen LogP contribution in [0.3, 0.4) is 0 Å². The molecule has 2 unspecified atom stereocenters. The normalized spacial score (nSPS) is 20.6. The van der Waals surface area contributed by atoms with Crippen LogP contribution in [0.25, 0.3) is 0 Å². The largest absolute Gasteiger partial charge is 0.381 e. The molecular formula is C15H24N2O2. The molecule has 1 aliphatic heterocycles. The molecule has 0 spiro atoms. The summed E-state index contributed by atoms with van der Waals surface area (Å²) in [7, 11) is 0. The summed E-state index contributed by atoms with van der Waals surface area (Å²) in [5.74, 6) is 0.514. The summed E-state index contributed by atoms with van der Waals surface area (Å²) in [6.07, 6.45) is 4.09. The van der Waals surface area contributed by atoms with E-state index in [1.54, 1.807) is 10.6 Å². The first-order valence-corrected chi connectivity index (χ1v) is 7.19. The lowest BCUT2D eigenvalue weighted by molar-refractivity contribution is 0.173. The Morgan fingerprint density at radius 2 is 2.42 bits per heavy atom. The van der Waals surface area contributed by atoms with Crippen LogP contribution in [0.15, 0.2) is 23.1 Å². The van der Waals surface area contributed by atoms with Crippen LogP contribution < -0.4 is 10.9 Å². The van der Waals surface area contributed by atoms with E-state index in [1.807, 2.05) is 19.2 Å². The van der Waals surface area contributed by atoms with Crippen molar-refractivity contribution in [2.75, 3.05) is 19.8 Å². The fourth-order valence-electron chi connectivity index (χ4n) is 2.55. The number of nitrogens with one attached hydrogen (secondary N) is 1. The van der Waals surface area contributed by atoms with Crippen LogP contribution >= 0.6 is 0 Å². The summed E-state index contributed by atoms with van der Waals surface area (Å²) in [6.45, 7) is 7.48. The first-order valence-electron chi connectivity index (χ1n) is 7.19. The lowest BCUT2D eigenvalue weighted by Gasteiger charge is -2.24. The Morgan fingerprint density at radius 1 is 1.58 bits per heavy atom. The number of nitrogens with zero attached hydrogens (tertiary/aromatic N) is 1. The zero-order valence-electron chi connectivity index (χ0n) is 11.9. The van der Waals surface area contributed by atoms with Crippen LogP contribution in [0, 0.1) is 12.8 Å². The maximum absolute atomic E-state index is 12.0. The van der Waals surface area contributed by atoms with Crippen LogP contribution in [0.4, 0.5) is 0 Å². The van der Waals surface area contributed by atoms with E-state index in [1.165, 1.54) is 0 Å². The molecule has 0 radical (unpaired) electrons. The Morgan fingerprint density at radius 3 is 3.05 bits per heavy atom. The van der Waals surface area contributed by atoms with Gasteiger partial charge in [-0.3, -0.25) is 4.79 Å². The van der Waals surface area contributed by atoms with Gasteiger partial charge in [0.1, 0.15) is 0 Å². The van der Waals surface area contributed by atoms with Gasteiger partial charge in [-0.15, -0.1) is 0 Å². The molecule has 0 amide bonds. The van der Waals surface area contributed by atoms with Crippen molar-refractivity contribution in [2.45, 2.75) is 39.3 Å². The van der Waals surface area contributed by atoms with E-state index in [-0.39, 0.29) is 5.56 Å². The van der Waals surface area contributed by atoms with Gasteiger partial charge >= 0.3 is 0 Å². The number of rotatable bonds is 6. The van der Waals surface area contributed by atoms with Gasteiger partial charge in [0.25, 0.3) is 5.56 Å². The summed E-state index contributed by atoms with van der Waals surface area (Å²) in [6, 6.07) is 4.01. The molecule has 0 bridgehead atoms. The quantitative estimate of drug-likeness (QED) is 0.848. The highest BCUT2D eigenvalue weighted by Crippen LogP contribution is 2.17. The van der Waals surface area contributed by atoms with Crippen LogP contribution in [0.1, 0.15) is 25.3 Å². The third-order valence-corrected chi connectivity index (χ3v) is 3.74. The van der Waals surface area contributed by atoms with E-state index in [0.29, 0.717) is 12.0 Å². The minimum atomic E-state index is 0.0854. The summed E-state index contributed by atoms with van der Waals surface area (Å²) in [5.41, 5.74) is 1.10. The molecule has 19 heavy (non-hydrogen) atoms. The smallest absolute Gasteiger partial charge is 0.250 e. The Balaban J connectivity index is 2.07. The van der Waals surface area contributed by atoms with E-state index >= 15 is 0 Å². The molecule has 1 fully saturated rings. The van der Waals surface area contributed by atoms with Gasteiger partial charge in [-0.25, -0.2) is 0 Å². The number of pyridine rings is 1. The number of hydrogen-bond acceptors (Lipinski definition) is 3. The molecule has 0 saturated carbocycles. The van der Waals surface area contributed by atoms with E-state index in [0.717, 1.165) is 44.7 Å². The van der Waals surface area contributed by atoms with Crippen molar-refractivity contribution >= 4 is 0 Å². The van der Waals surface area contributed by atoms with Gasteiger partial charge in [0.15, 0.2) is 0 Å². The monoisotopic (exact) mass is 264 g/mol. The van der Waals surface area contributed by atoms with Crippen molar-refractivity contribution < 1.29 is 4.74 Å². The summed E-state index contributed by atoms with van der Waals surface area (Å²) in [4.78, 5) is 12.0. The molecule has 4 nitrogen and oxygen atoms in total. The number of aryl methyl sites for hydroxylation is 1. The van der Waals surface area contributed by atoms with Crippen molar-refractivity contribution in [3.8, 4) is 0 Å². The molecule has 2 atom stereocenters. The van der Waals surface area contributed by atoms with Crippen LogP contribution in [0.2, 0.25) is 0 Å². The van der Waals surface area contributed by atoms with Gasteiger partial charge in [-0.2, -0.15) is 0 Å². The molecule has 2 rings (SSSR count). The van der Waals surface area contributed by atoms with Crippen molar-refractivity contribution in [3.05, 3.63) is 34.2 Å². The minimum absolute atomic E-state index is 0.0854. The van der Waals surface area contributed by atoms with Crippen molar-refractivity contribution in [1.29, 1.82) is 0 Å². The zero-order valence-corrected chi connectivity index (χ0v) is 11.9. The second-order valence-corrected chi connectivity index (χ2v) is 5.38. The predicted molar refractivity (Wildman–Crippen MR) is 76.4 cm³/mol. The highest BCUT2D eigenvalue weighted by Gasteiger charge is 2.25. The molecule has 1 aromatic heterocycles. The lowest BCUT2D eigenvalue weighted by Crippen LogP contribution is -2.42. The van der Waals surface area contributed by atoms with Crippen molar-refractivity contribution in [3.63, 3.8) is 0 Å². The molecule has 2 heterocycles. The fraction of sp³-hybridized carbons (Fsp3) is 0.667. The Labute approximate surface area is 114 Å². The second-order valence-electron chi connectivity index (χ2n) is 5.38. The number of ether oxygens (including phenoxy) is 1. The molecular weight excluding hydrogens is 240 g/mol. The van der Waals surface area contributed by atoms with Gasteiger partial charge in [0.2, 0.25) is 0 Å². The highest BCUT2D eigenvalue weighted by molar-refractivity contribution is 5.08. The molecule has 1 aliphatic rings. The first kappa shape index (κ1) is 14.3. The maximum atomic E-state index is 12.0. The maximum Gasteiger partial charge on any atom is 0.250 e. The third-order valence-electron chi connectivity index (χ3n) is 3.74. The van der Waals surface area contributed by atoms with E-state index in [2.05, 4.69) is 12.2 Å². The molecule has 0 aromatic carbocycles. The molecule has 1 aromatic rings. The second kappa shape index (κ2) is 6.87. The van der Waals surface area contributed by atoms with Gasteiger partial charge < -0.3 is 14.6 Å². The molecule has 1 saturated heterocycles. The topological polar surface area (TPSA) is 43.3 Å². The number of hydrogen-bond donors (Lipinski definition) is 1. The van der Waals surface area contributed by atoms with E-state index in [4.69, 9.17) is 4.74 Å². The summed E-state index contributed by atoms with van der Waals surface area (Å²) in [5, 5.41) is 3.56. The molecule has 1 N–H and O–H groups in total. The molecule has 106 valence electrons. The SMILES string of the molecule is CCCNC(Cn1ccc(C)cc1=O)C1CCOC1. The van der Waals surface area contributed by atoms with Crippen molar-refractivity contribution in [1.82, 2.24) is 9.88 Å². The lowest BCUT2D eigenvalue weighted by atomic mass is 9.98. The Hall–Kier alpha value is -1.13. The average Bonchev–Trinajstić information content (AvgIpc) is 2.90. The van der Waals surface area contributed by atoms with E-state index in [9.17, 15) is 4.79 Å². The van der Waals surface area contributed by atoms with Crippen LogP contribution in [-0.4, -0.2) is 30.4 Å².